The summed E-state index contributed by atoms with van der Waals surface area (Å²) in [5, 5.41) is 7.32. The van der Waals surface area contributed by atoms with Gasteiger partial charge in [0.15, 0.2) is 0 Å². The van der Waals surface area contributed by atoms with Gasteiger partial charge in [-0.15, -0.1) is 0 Å². The van der Waals surface area contributed by atoms with Crippen molar-refractivity contribution in [1.29, 1.82) is 5.26 Å². The normalized spacial score (nSPS) is 10.9. The number of nitrogens with zero attached hydrogens (tertiary/aromatic N) is 1. The zero-order valence-electron chi connectivity index (χ0n) is 6.11. The molecule has 0 atom stereocenters. The third-order valence-electron chi connectivity index (χ3n) is 0.200. The van der Waals surface area contributed by atoms with Gasteiger partial charge < -0.3 is 0 Å². The molecule has 0 aromatic carbocycles. The van der Waals surface area contributed by atoms with Crippen molar-refractivity contribution in [3.63, 3.8) is 0 Å². The summed E-state index contributed by atoms with van der Waals surface area (Å²) in [6, 6.07) is 1.75. The minimum absolute atomic E-state index is 1.43. The lowest BCUT2D eigenvalue weighted by Crippen LogP contribution is -2.10. The maximum atomic E-state index is 9.51. The Labute approximate surface area is 74.3 Å². The molecular weight excluding hydrogens is 230 g/mol. The largest absolute Gasteiger partial charge is 0.425 e. The molecule has 11 heteroatoms. The summed E-state index contributed by atoms with van der Waals surface area (Å²) < 4.78 is 58.9. The molecule has 0 aliphatic rings. The Morgan fingerprint density at radius 2 is 1.23 bits per heavy atom. The van der Waals surface area contributed by atoms with E-state index in [4.69, 9.17) is 14.4 Å². The molecule has 0 aliphatic heterocycles. The van der Waals surface area contributed by atoms with Crippen molar-refractivity contribution in [2.45, 2.75) is 6.92 Å². The molecule has 0 bridgehead atoms. The van der Waals surface area contributed by atoms with Gasteiger partial charge in [0.2, 0.25) is 0 Å². The van der Waals surface area contributed by atoms with Crippen LogP contribution in [-0.2, 0) is 29.5 Å². The van der Waals surface area contributed by atoms with Crippen LogP contribution >= 0.6 is 0 Å². The van der Waals surface area contributed by atoms with Crippen molar-refractivity contribution in [3.05, 3.63) is 0 Å². The molecule has 78 valence electrons. The average Bonchev–Trinajstić information content (AvgIpc) is 1.82. The summed E-state index contributed by atoms with van der Waals surface area (Å²) in [6.07, 6.45) is 0. The molecule has 0 rings (SSSR count). The van der Waals surface area contributed by atoms with Crippen LogP contribution in [0.2, 0.25) is 0 Å². The first-order valence-corrected chi connectivity index (χ1v) is 4.99. The summed E-state index contributed by atoms with van der Waals surface area (Å²) in [6.45, 7) is 1.43. The van der Waals surface area contributed by atoms with Gasteiger partial charge in [-0.25, -0.2) is 0 Å². The highest BCUT2D eigenvalue weighted by Gasteiger charge is 2.13. The minimum Gasteiger partial charge on any atom is -0.262 e. The Balaban J connectivity index is 0. The molecule has 0 fully saturated rings. The highest BCUT2D eigenvalue weighted by Crippen LogP contribution is 1.92. The summed E-state index contributed by atoms with van der Waals surface area (Å²) >= 11 is 0. The van der Waals surface area contributed by atoms with Gasteiger partial charge in [-0.1, -0.05) is 8.67 Å². The van der Waals surface area contributed by atoms with Crippen LogP contribution in [0.15, 0.2) is 0 Å². The Morgan fingerprint density at radius 3 is 1.31 bits per heavy atom. The van der Waals surface area contributed by atoms with E-state index >= 15 is 0 Å². The molecule has 0 saturated heterocycles. The van der Waals surface area contributed by atoms with Crippen LogP contribution in [-0.4, -0.2) is 25.9 Å². The van der Waals surface area contributed by atoms with Gasteiger partial charge in [-0.05, 0) is 0 Å². The van der Waals surface area contributed by atoms with Gasteiger partial charge in [0.1, 0.15) is 0 Å². The predicted molar refractivity (Wildman–Crippen MR) is 36.6 cm³/mol. The fourth-order valence-electron chi connectivity index (χ4n) is 0.0702. The molecule has 0 aromatic heterocycles. The van der Waals surface area contributed by atoms with Crippen LogP contribution in [0, 0.1) is 11.3 Å². The first-order valence-electron chi connectivity index (χ1n) is 2.26. The highest BCUT2D eigenvalue weighted by atomic mass is 32.3. The second-order valence-corrected chi connectivity index (χ2v) is 3.20. The molecule has 0 aromatic rings. The smallest absolute Gasteiger partial charge is 0.262 e. The molecule has 9 nitrogen and oxygen atoms in total. The van der Waals surface area contributed by atoms with Crippen LogP contribution in [0.3, 0.4) is 0 Å². The van der Waals surface area contributed by atoms with Crippen molar-refractivity contribution in [3.8, 4) is 6.07 Å². The Morgan fingerprint density at radius 1 is 1.08 bits per heavy atom. The van der Waals surface area contributed by atoms with Crippen LogP contribution in [0.1, 0.15) is 6.92 Å². The van der Waals surface area contributed by atoms with Crippen molar-refractivity contribution in [2.24, 2.45) is 0 Å². The monoisotopic (exact) mass is 235 g/mol. The van der Waals surface area contributed by atoms with Gasteiger partial charge in [-0.3, -0.25) is 9.11 Å². The van der Waals surface area contributed by atoms with Crippen LogP contribution in [0.4, 0.5) is 0 Å². The standard InChI is InChI=1S/C2H3N.H2O8S2/c1-2-3;1-9(2,3)7-8-10(4,5)6/h1H3;(H,1,2,3)(H,4,5,6). The molecule has 0 spiro atoms. The molecular formula is C2H5NO8S2. The summed E-state index contributed by atoms with van der Waals surface area (Å²) in [7, 11) is -10.0. The Hall–Kier alpha value is -0.770. The van der Waals surface area contributed by atoms with E-state index in [1.807, 2.05) is 0 Å². The maximum absolute atomic E-state index is 9.51. The first kappa shape index (κ1) is 14.7. The van der Waals surface area contributed by atoms with E-state index in [9.17, 15) is 16.8 Å². The number of rotatable bonds is 3. The van der Waals surface area contributed by atoms with Crippen LogP contribution < -0.4 is 0 Å². The van der Waals surface area contributed by atoms with Gasteiger partial charge in [0, 0.05) is 6.92 Å². The Kier molecular flexibility index (Phi) is 6.58. The lowest BCUT2D eigenvalue weighted by atomic mass is 11.0. The molecule has 0 aliphatic carbocycles. The second-order valence-electron chi connectivity index (χ2n) is 1.22. The van der Waals surface area contributed by atoms with Crippen molar-refractivity contribution < 1.29 is 34.6 Å². The summed E-state index contributed by atoms with van der Waals surface area (Å²) in [4.78, 5) is 0. The third kappa shape index (κ3) is 24.6. The third-order valence-corrected chi connectivity index (χ3v) is 0.766. The quantitative estimate of drug-likeness (QED) is 0.359. The second kappa shape index (κ2) is 5.80. The molecule has 0 amide bonds. The molecule has 2 N–H and O–H groups in total. The fourth-order valence-corrected chi connectivity index (χ4v) is 0.632. The van der Waals surface area contributed by atoms with E-state index in [0.717, 1.165) is 0 Å². The lowest BCUT2D eigenvalue weighted by Gasteiger charge is -1.92. The molecule has 0 saturated carbocycles. The van der Waals surface area contributed by atoms with E-state index in [0.29, 0.717) is 0 Å². The molecule has 0 radical (unpaired) electrons. The zero-order valence-corrected chi connectivity index (χ0v) is 7.74. The summed E-state index contributed by atoms with van der Waals surface area (Å²) in [5.74, 6) is 0. The number of nitriles is 1. The fraction of sp³-hybridized carbons (Fsp3) is 0.500. The van der Waals surface area contributed by atoms with E-state index in [-0.39, 0.29) is 0 Å². The van der Waals surface area contributed by atoms with Gasteiger partial charge in [0.25, 0.3) is 0 Å². The van der Waals surface area contributed by atoms with Gasteiger partial charge >= 0.3 is 20.8 Å². The average molecular weight is 235 g/mol. The predicted octanol–water partition coefficient (Wildman–Crippen LogP) is -0.930. The van der Waals surface area contributed by atoms with Gasteiger partial charge in [0.05, 0.1) is 6.07 Å². The lowest BCUT2D eigenvalue weighted by molar-refractivity contribution is -0.105. The van der Waals surface area contributed by atoms with E-state index in [2.05, 4.69) is 8.67 Å². The zero-order chi connectivity index (χ0) is 11.1. The molecule has 0 unspecified atom stereocenters. The van der Waals surface area contributed by atoms with Crippen molar-refractivity contribution in [1.82, 2.24) is 0 Å². The van der Waals surface area contributed by atoms with Crippen molar-refractivity contribution >= 4 is 20.8 Å². The highest BCUT2D eigenvalue weighted by molar-refractivity contribution is 7.83. The summed E-state index contributed by atoms with van der Waals surface area (Å²) in [5.41, 5.74) is 0. The van der Waals surface area contributed by atoms with E-state index < -0.39 is 20.8 Å². The number of hydrogen-bond donors (Lipinski definition) is 2. The first-order chi connectivity index (χ1) is 5.62. The van der Waals surface area contributed by atoms with Crippen LogP contribution in [0.25, 0.3) is 0 Å². The minimum atomic E-state index is -5.02. The Bertz CT molecular complexity index is 325. The van der Waals surface area contributed by atoms with Gasteiger partial charge in [-0.2, -0.15) is 22.1 Å². The SMILES string of the molecule is CC#N.O=S(=O)(O)OOS(=O)(=O)O. The van der Waals surface area contributed by atoms with Crippen LogP contribution in [0.5, 0.6) is 0 Å². The van der Waals surface area contributed by atoms with E-state index in [1.165, 1.54) is 6.92 Å². The molecule has 13 heavy (non-hydrogen) atoms. The van der Waals surface area contributed by atoms with Crippen molar-refractivity contribution in [2.75, 3.05) is 0 Å². The molecule has 0 heterocycles. The van der Waals surface area contributed by atoms with E-state index in [1.54, 1.807) is 6.07 Å². The number of hydrogen-bond acceptors (Lipinski definition) is 7. The maximum Gasteiger partial charge on any atom is 0.425 e. The topological polar surface area (TPSA) is 151 Å².